The highest BCUT2D eigenvalue weighted by molar-refractivity contribution is 6.31. The van der Waals surface area contributed by atoms with Crippen LogP contribution in [0.2, 0.25) is 5.02 Å². The zero-order valence-electron chi connectivity index (χ0n) is 24.9. The molecule has 0 aliphatic heterocycles. The van der Waals surface area contributed by atoms with Gasteiger partial charge in [0.1, 0.15) is 0 Å². The summed E-state index contributed by atoms with van der Waals surface area (Å²) < 4.78 is 81.8. The van der Waals surface area contributed by atoms with Crippen molar-refractivity contribution in [2.24, 2.45) is 18.9 Å². The Morgan fingerprint density at radius 3 is 1.98 bits per heavy atom. The van der Waals surface area contributed by atoms with E-state index in [2.05, 4.69) is 20.3 Å². The van der Waals surface area contributed by atoms with Crippen molar-refractivity contribution in [3.8, 4) is 0 Å². The zero-order chi connectivity index (χ0) is 32.2. The highest BCUT2D eigenvalue weighted by Crippen LogP contribution is 2.38. The van der Waals surface area contributed by atoms with E-state index in [1.165, 1.54) is 16.7 Å². The largest absolute Gasteiger partial charge is 0.416 e. The van der Waals surface area contributed by atoms with Crippen LogP contribution in [0.1, 0.15) is 67.3 Å². The van der Waals surface area contributed by atoms with E-state index in [0.717, 1.165) is 49.0 Å². The van der Waals surface area contributed by atoms with E-state index in [9.17, 15) is 31.4 Å². The Labute approximate surface area is 257 Å². The molecular weight excluding hydrogens is 610 g/mol. The molecule has 0 amide bonds. The third kappa shape index (κ3) is 8.35. The molecule has 0 spiro atoms. The van der Waals surface area contributed by atoms with Crippen molar-refractivity contribution in [2.75, 3.05) is 29.5 Å². The van der Waals surface area contributed by atoms with E-state index >= 15 is 0 Å². The van der Waals surface area contributed by atoms with Crippen molar-refractivity contribution in [3.63, 3.8) is 0 Å². The number of benzene rings is 2. The number of halogens is 7. The van der Waals surface area contributed by atoms with Gasteiger partial charge >= 0.3 is 12.4 Å². The number of tetrazole rings is 1. The van der Waals surface area contributed by atoms with Crippen LogP contribution in [-0.4, -0.2) is 45.0 Å². The molecule has 14 heteroatoms. The van der Waals surface area contributed by atoms with Crippen LogP contribution in [0.4, 0.5) is 38.0 Å². The summed E-state index contributed by atoms with van der Waals surface area (Å²) in [5.74, 6) is 0.779. The van der Waals surface area contributed by atoms with Crippen LogP contribution in [0, 0.1) is 11.8 Å². The lowest BCUT2D eigenvalue weighted by Gasteiger charge is -2.35. The van der Waals surface area contributed by atoms with Gasteiger partial charge in [-0.15, -0.1) is 5.10 Å². The number of aromatic nitrogens is 4. The molecule has 2 aromatic carbocycles. The molecule has 3 aromatic rings. The van der Waals surface area contributed by atoms with Crippen molar-refractivity contribution >= 4 is 23.2 Å². The SMILES string of the molecule is CCc1cc(N(CC)CC2CCC(CO)CC2)c(CN(Cc2cc(C(F)(F)F)cc(C(F)(F)F)c2)c2nnn(C)n2)cc1Cl. The van der Waals surface area contributed by atoms with Gasteiger partial charge in [-0.1, -0.05) is 23.6 Å². The molecule has 0 bridgehead atoms. The lowest BCUT2D eigenvalue weighted by molar-refractivity contribution is -0.143. The van der Waals surface area contributed by atoms with Gasteiger partial charge in [-0.3, -0.25) is 0 Å². The molecule has 1 aromatic heterocycles. The number of aliphatic hydroxyl groups is 1. The van der Waals surface area contributed by atoms with Crippen LogP contribution in [0.5, 0.6) is 0 Å². The average molecular weight is 647 g/mol. The molecule has 1 aliphatic rings. The molecule has 1 aliphatic carbocycles. The first kappa shape index (κ1) is 33.8. The van der Waals surface area contributed by atoms with E-state index in [-0.39, 0.29) is 37.3 Å². The van der Waals surface area contributed by atoms with Gasteiger partial charge in [-0.05, 0) is 103 Å². The Morgan fingerprint density at radius 1 is 0.864 bits per heavy atom. The summed E-state index contributed by atoms with van der Waals surface area (Å²) in [6.45, 7) is 5.35. The van der Waals surface area contributed by atoms with Gasteiger partial charge in [-0.25, -0.2) is 0 Å². The minimum Gasteiger partial charge on any atom is -0.396 e. The topological polar surface area (TPSA) is 70.3 Å². The minimum absolute atomic E-state index is 0.0467. The minimum atomic E-state index is -4.97. The van der Waals surface area contributed by atoms with Crippen LogP contribution in [0.25, 0.3) is 0 Å². The van der Waals surface area contributed by atoms with Crippen LogP contribution >= 0.6 is 11.6 Å². The maximum atomic E-state index is 13.6. The first-order valence-corrected chi connectivity index (χ1v) is 15.0. The van der Waals surface area contributed by atoms with E-state index in [1.807, 2.05) is 19.9 Å². The second-order valence-electron chi connectivity index (χ2n) is 11.4. The standard InChI is InChI=1S/C30H37ClF6N6O/c1-4-22-13-27(42(5-2)15-19-6-8-20(18-44)9-7-19)23(12-26(22)31)17-43(28-38-40-41(3)39-28)16-21-10-24(29(32,33)34)14-25(11-21)30(35,36)37/h10-14,19-20,44H,4-9,15-18H2,1-3H3. The Kier molecular flexibility index (Phi) is 10.7. The van der Waals surface area contributed by atoms with Gasteiger partial charge in [0.15, 0.2) is 0 Å². The second-order valence-corrected chi connectivity index (χ2v) is 11.8. The molecule has 1 fully saturated rings. The van der Waals surface area contributed by atoms with Gasteiger partial charge in [0, 0.05) is 43.5 Å². The highest BCUT2D eigenvalue weighted by Gasteiger charge is 2.37. The van der Waals surface area contributed by atoms with E-state index < -0.39 is 23.5 Å². The van der Waals surface area contributed by atoms with Gasteiger partial charge < -0.3 is 14.9 Å². The maximum Gasteiger partial charge on any atom is 0.416 e. The van der Waals surface area contributed by atoms with Crippen LogP contribution < -0.4 is 9.80 Å². The third-order valence-corrected chi connectivity index (χ3v) is 8.57. The van der Waals surface area contributed by atoms with Gasteiger partial charge in [0.2, 0.25) is 0 Å². The molecule has 4 rings (SSSR count). The molecule has 44 heavy (non-hydrogen) atoms. The summed E-state index contributed by atoms with van der Waals surface area (Å²) in [5.41, 5.74) is -0.451. The fourth-order valence-corrected chi connectivity index (χ4v) is 6.10. The summed E-state index contributed by atoms with van der Waals surface area (Å²) in [7, 11) is 1.52. The quantitative estimate of drug-likeness (QED) is 0.221. The number of alkyl halides is 6. The monoisotopic (exact) mass is 646 g/mol. The number of aryl methyl sites for hydroxylation is 2. The van der Waals surface area contributed by atoms with E-state index in [1.54, 1.807) is 6.07 Å². The third-order valence-electron chi connectivity index (χ3n) is 8.22. The van der Waals surface area contributed by atoms with Crippen molar-refractivity contribution in [3.05, 3.63) is 63.2 Å². The Bertz CT molecular complexity index is 1370. The molecular formula is C30H37ClF6N6O. The zero-order valence-corrected chi connectivity index (χ0v) is 25.6. The van der Waals surface area contributed by atoms with Crippen molar-refractivity contribution in [2.45, 2.75) is 71.4 Å². The Morgan fingerprint density at radius 2 is 1.48 bits per heavy atom. The molecule has 0 radical (unpaired) electrons. The maximum absolute atomic E-state index is 13.6. The van der Waals surface area contributed by atoms with Crippen LogP contribution in [0.3, 0.4) is 0 Å². The number of hydrogen-bond acceptors (Lipinski definition) is 6. The normalized spacial score (nSPS) is 17.6. The predicted octanol–water partition coefficient (Wildman–Crippen LogP) is 7.30. The fraction of sp³-hybridized carbons (Fsp3) is 0.567. The fourth-order valence-electron chi connectivity index (χ4n) is 5.78. The lowest BCUT2D eigenvalue weighted by Crippen LogP contribution is -2.33. The van der Waals surface area contributed by atoms with Gasteiger partial charge in [-0.2, -0.15) is 31.1 Å². The molecule has 0 saturated heterocycles. The Balaban J connectivity index is 1.73. The number of anilines is 2. The molecule has 0 unspecified atom stereocenters. The summed E-state index contributed by atoms with van der Waals surface area (Å²) in [6, 6.07) is 5.36. The molecule has 1 heterocycles. The summed E-state index contributed by atoms with van der Waals surface area (Å²) in [5, 5.41) is 22.1. The van der Waals surface area contributed by atoms with Crippen molar-refractivity contribution in [1.82, 2.24) is 20.2 Å². The highest BCUT2D eigenvalue weighted by atomic mass is 35.5. The molecule has 0 atom stereocenters. The molecule has 1 N–H and O–H groups in total. The van der Waals surface area contributed by atoms with Crippen molar-refractivity contribution in [1.29, 1.82) is 0 Å². The summed E-state index contributed by atoms with van der Waals surface area (Å²) >= 11 is 6.65. The van der Waals surface area contributed by atoms with Gasteiger partial charge in [0.05, 0.1) is 18.2 Å². The summed E-state index contributed by atoms with van der Waals surface area (Å²) in [4.78, 5) is 4.91. The molecule has 7 nitrogen and oxygen atoms in total. The second kappa shape index (κ2) is 13.9. The first-order valence-electron chi connectivity index (χ1n) is 14.7. The number of aliphatic hydroxyl groups excluding tert-OH is 1. The Hall–Kier alpha value is -3.06. The number of hydrogen-bond donors (Lipinski definition) is 1. The van der Waals surface area contributed by atoms with Crippen LogP contribution in [-0.2, 0) is 38.9 Å². The average Bonchev–Trinajstić information content (AvgIpc) is 3.41. The number of rotatable bonds is 11. The first-order chi connectivity index (χ1) is 20.7. The molecule has 242 valence electrons. The predicted molar refractivity (Wildman–Crippen MR) is 156 cm³/mol. The van der Waals surface area contributed by atoms with E-state index in [4.69, 9.17) is 11.6 Å². The smallest absolute Gasteiger partial charge is 0.396 e. The summed E-state index contributed by atoms with van der Waals surface area (Å²) in [6.07, 6.45) is -5.40. The lowest BCUT2D eigenvalue weighted by atomic mass is 9.82. The molecule has 1 saturated carbocycles. The van der Waals surface area contributed by atoms with Crippen LogP contribution in [0.15, 0.2) is 30.3 Å². The number of nitrogens with zero attached hydrogens (tertiary/aromatic N) is 6. The van der Waals surface area contributed by atoms with E-state index in [0.29, 0.717) is 42.0 Å². The van der Waals surface area contributed by atoms with Crippen molar-refractivity contribution < 1.29 is 31.4 Å². The van der Waals surface area contributed by atoms with Gasteiger partial charge in [0.25, 0.3) is 5.95 Å².